The number of carbonyl (C=O) groups excluding carboxylic acids is 3. The number of nitrogens with one attached hydrogen (secondary N) is 2. The van der Waals surface area contributed by atoms with Gasteiger partial charge in [0.1, 0.15) is 12.4 Å². The second-order valence-electron chi connectivity index (χ2n) is 9.61. The number of amides is 3. The van der Waals surface area contributed by atoms with E-state index in [2.05, 4.69) is 10.6 Å². The highest BCUT2D eigenvalue weighted by atomic mass is 35.5. The van der Waals surface area contributed by atoms with Crippen LogP contribution in [0, 0.1) is 0 Å². The van der Waals surface area contributed by atoms with Gasteiger partial charge in [0.25, 0.3) is 17.7 Å². The Hall–Kier alpha value is -4.82. The van der Waals surface area contributed by atoms with Crippen LogP contribution >= 0.6 is 34.8 Å². The average molecular weight is 661 g/mol. The summed E-state index contributed by atoms with van der Waals surface area (Å²) >= 11 is 17.4. The van der Waals surface area contributed by atoms with Gasteiger partial charge in [-0.05, 0) is 96.1 Å². The maximum atomic E-state index is 12.3. The molecule has 228 valence electrons. The highest BCUT2D eigenvalue weighted by molar-refractivity contribution is 6.31. The molecule has 0 aliphatic rings. The molecule has 0 fully saturated rings. The third kappa shape index (κ3) is 10.1. The zero-order chi connectivity index (χ0) is 32.2. The van der Waals surface area contributed by atoms with Crippen molar-refractivity contribution in [1.82, 2.24) is 0 Å². The van der Waals surface area contributed by atoms with Crippen LogP contribution < -0.4 is 21.1 Å². The van der Waals surface area contributed by atoms with Crippen LogP contribution in [0.1, 0.15) is 42.2 Å². The monoisotopic (exact) mass is 659 g/mol. The van der Waals surface area contributed by atoms with Crippen LogP contribution in [0.2, 0.25) is 10.0 Å². The Labute approximate surface area is 275 Å². The molecule has 5 aromatic carbocycles. The number of hydrogen-bond acceptors (Lipinski definition) is 4. The number of para-hydroxylation sites is 1. The van der Waals surface area contributed by atoms with Gasteiger partial charge in [-0.1, -0.05) is 59.6 Å². The fraction of sp³-hybridized carbons (Fsp3) is 0.0571. The van der Waals surface area contributed by atoms with Gasteiger partial charge in [-0.15, -0.1) is 11.6 Å². The number of primary amides is 1. The molecule has 0 radical (unpaired) electrons. The fourth-order valence-electron chi connectivity index (χ4n) is 4.04. The van der Waals surface area contributed by atoms with E-state index in [-0.39, 0.29) is 18.4 Å². The molecule has 5 rings (SSSR count). The lowest BCUT2D eigenvalue weighted by Gasteiger charge is -2.11. The molecule has 3 amide bonds. The number of alkyl halides is 1. The number of nitrogens with two attached hydrogens (primary N) is 1. The van der Waals surface area contributed by atoms with Gasteiger partial charge in [0, 0.05) is 38.4 Å². The maximum absolute atomic E-state index is 12.3. The normalized spacial score (nSPS) is 10.2. The van der Waals surface area contributed by atoms with Crippen molar-refractivity contribution in [2.75, 3.05) is 10.6 Å². The zero-order valence-corrected chi connectivity index (χ0v) is 26.1. The Morgan fingerprint density at radius 2 is 1.11 bits per heavy atom. The standard InChI is InChI=1S/C21H17ClN2O3.C14H11Cl2NO/c22-16-10-8-15(9-11-16)21(26)24-17-5-3-4-14(12-17)13-27-19-7-2-1-6-18(19)20(23)25;15-9-10-2-1-3-13(8-10)17-14(18)11-4-6-12(16)7-5-11/h1-12H,13H2,(H2,23,25)(H,24,26);1-8H,9H2,(H,17,18). The van der Waals surface area contributed by atoms with Gasteiger partial charge in [0.05, 0.1) is 5.56 Å². The zero-order valence-electron chi connectivity index (χ0n) is 23.8. The Morgan fingerprint density at radius 3 is 1.62 bits per heavy atom. The Kier molecular flexibility index (Phi) is 12.0. The molecule has 45 heavy (non-hydrogen) atoms. The van der Waals surface area contributed by atoms with Gasteiger partial charge < -0.3 is 21.1 Å². The van der Waals surface area contributed by atoms with Crippen molar-refractivity contribution in [1.29, 1.82) is 0 Å². The Morgan fingerprint density at radius 1 is 0.622 bits per heavy atom. The van der Waals surface area contributed by atoms with Crippen molar-refractivity contribution in [2.24, 2.45) is 5.73 Å². The van der Waals surface area contributed by atoms with Crippen molar-refractivity contribution in [2.45, 2.75) is 12.5 Å². The number of rotatable bonds is 9. The summed E-state index contributed by atoms with van der Waals surface area (Å²) in [5.74, 6) is -0.109. The first-order chi connectivity index (χ1) is 21.7. The van der Waals surface area contributed by atoms with Crippen molar-refractivity contribution >= 4 is 63.9 Å². The van der Waals surface area contributed by atoms with Crippen LogP contribution in [0.25, 0.3) is 0 Å². The summed E-state index contributed by atoms with van der Waals surface area (Å²) < 4.78 is 5.71. The van der Waals surface area contributed by atoms with E-state index in [1.165, 1.54) is 0 Å². The van der Waals surface area contributed by atoms with Crippen molar-refractivity contribution < 1.29 is 19.1 Å². The molecule has 7 nitrogen and oxygen atoms in total. The summed E-state index contributed by atoms with van der Waals surface area (Å²) in [4.78, 5) is 35.7. The number of benzene rings is 5. The lowest BCUT2D eigenvalue weighted by Crippen LogP contribution is -2.13. The highest BCUT2D eigenvalue weighted by Crippen LogP contribution is 2.21. The predicted molar refractivity (Wildman–Crippen MR) is 181 cm³/mol. The van der Waals surface area contributed by atoms with Crippen LogP contribution in [0.4, 0.5) is 11.4 Å². The molecule has 0 atom stereocenters. The number of hydrogen-bond donors (Lipinski definition) is 3. The topological polar surface area (TPSA) is 111 Å². The molecule has 0 aliphatic heterocycles. The predicted octanol–water partition coefficient (Wildman–Crippen LogP) is 8.60. The minimum atomic E-state index is -0.547. The van der Waals surface area contributed by atoms with E-state index in [1.54, 1.807) is 84.9 Å². The third-order valence-electron chi connectivity index (χ3n) is 6.28. The van der Waals surface area contributed by atoms with Crippen molar-refractivity contribution in [3.63, 3.8) is 0 Å². The van der Waals surface area contributed by atoms with Gasteiger partial charge in [-0.2, -0.15) is 0 Å². The molecule has 0 unspecified atom stereocenters. The first-order valence-corrected chi connectivity index (χ1v) is 14.9. The van der Waals surface area contributed by atoms with E-state index in [0.29, 0.717) is 44.1 Å². The molecule has 0 saturated heterocycles. The van der Waals surface area contributed by atoms with Crippen LogP contribution in [-0.2, 0) is 12.5 Å². The summed E-state index contributed by atoms with van der Waals surface area (Å²) in [5, 5.41) is 6.82. The molecule has 0 aliphatic carbocycles. The lowest BCUT2D eigenvalue weighted by atomic mass is 10.1. The molecule has 0 aromatic heterocycles. The smallest absolute Gasteiger partial charge is 0.255 e. The first kappa shape index (κ1) is 33.1. The average Bonchev–Trinajstić information content (AvgIpc) is 3.05. The van der Waals surface area contributed by atoms with Gasteiger partial charge in [-0.3, -0.25) is 14.4 Å². The summed E-state index contributed by atoms with van der Waals surface area (Å²) in [7, 11) is 0. The lowest BCUT2D eigenvalue weighted by molar-refractivity contribution is 0.0992. The van der Waals surface area contributed by atoms with E-state index in [0.717, 1.165) is 16.8 Å². The summed E-state index contributed by atoms with van der Waals surface area (Å²) in [6.45, 7) is 0.231. The minimum absolute atomic E-state index is 0.168. The van der Waals surface area contributed by atoms with Gasteiger partial charge >= 0.3 is 0 Å². The third-order valence-corrected chi connectivity index (χ3v) is 7.10. The number of anilines is 2. The Bertz CT molecular complexity index is 1780. The number of carbonyl (C=O) groups is 3. The highest BCUT2D eigenvalue weighted by Gasteiger charge is 2.10. The van der Waals surface area contributed by atoms with Crippen LogP contribution in [0.3, 0.4) is 0 Å². The quantitative estimate of drug-likeness (QED) is 0.138. The van der Waals surface area contributed by atoms with E-state index < -0.39 is 5.91 Å². The molecule has 0 heterocycles. The summed E-state index contributed by atoms with van der Waals surface area (Å²) in [6.07, 6.45) is 0. The molecular formula is C35H28Cl3N3O4. The minimum Gasteiger partial charge on any atom is -0.488 e. The first-order valence-electron chi connectivity index (χ1n) is 13.6. The molecule has 10 heteroatoms. The summed E-state index contributed by atoms with van der Waals surface area (Å²) in [5.41, 5.74) is 9.92. The van der Waals surface area contributed by atoms with E-state index in [4.69, 9.17) is 45.3 Å². The molecular weight excluding hydrogens is 633 g/mol. The van der Waals surface area contributed by atoms with E-state index >= 15 is 0 Å². The van der Waals surface area contributed by atoms with Crippen molar-refractivity contribution in [3.8, 4) is 5.75 Å². The number of halogens is 3. The van der Waals surface area contributed by atoms with E-state index in [1.807, 2.05) is 36.4 Å². The maximum Gasteiger partial charge on any atom is 0.255 e. The van der Waals surface area contributed by atoms with Gasteiger partial charge in [0.2, 0.25) is 0 Å². The second kappa shape index (κ2) is 16.3. The van der Waals surface area contributed by atoms with Gasteiger partial charge in [0.15, 0.2) is 0 Å². The largest absolute Gasteiger partial charge is 0.488 e. The van der Waals surface area contributed by atoms with Crippen LogP contribution in [-0.4, -0.2) is 17.7 Å². The molecule has 0 bridgehead atoms. The SMILES string of the molecule is NC(=O)c1ccccc1OCc1cccc(NC(=O)c2ccc(Cl)cc2)c1.O=C(Nc1cccc(CCl)c1)c1ccc(Cl)cc1. The fourth-order valence-corrected chi connectivity index (χ4v) is 4.46. The van der Waals surface area contributed by atoms with Gasteiger partial charge in [-0.25, -0.2) is 0 Å². The molecule has 0 spiro atoms. The molecule has 0 saturated carbocycles. The molecule has 4 N–H and O–H groups in total. The van der Waals surface area contributed by atoms with E-state index in [9.17, 15) is 14.4 Å². The Balaban J connectivity index is 0.000000222. The number of ether oxygens (including phenoxy) is 1. The second-order valence-corrected chi connectivity index (χ2v) is 10.7. The van der Waals surface area contributed by atoms with Crippen molar-refractivity contribution in [3.05, 3.63) is 159 Å². The molecule has 5 aromatic rings. The summed E-state index contributed by atoms with van der Waals surface area (Å²) in [6, 6.07) is 34.9. The van der Waals surface area contributed by atoms with Crippen LogP contribution in [0.15, 0.2) is 121 Å². The van der Waals surface area contributed by atoms with Crippen LogP contribution in [0.5, 0.6) is 5.75 Å².